The van der Waals surface area contributed by atoms with Crippen LogP contribution < -0.4 is 5.32 Å². The number of carboxylic acids is 1. The Kier molecular flexibility index (Phi) is 4.13. The molecule has 1 atom stereocenters. The summed E-state index contributed by atoms with van der Waals surface area (Å²) in [5, 5.41) is 20.2. The molecule has 0 heterocycles. The van der Waals surface area contributed by atoms with Gasteiger partial charge in [-0.1, -0.05) is 0 Å². The number of carboxylic acid groups (broad SMARTS) is 1. The minimum absolute atomic E-state index is 0.0535. The SMILES string of the molecule is O=P#CN[C@@H](C(=O)O)c1ccc(O)cc1. The molecule has 6 heteroatoms. The van der Waals surface area contributed by atoms with E-state index in [1.54, 1.807) is 0 Å². The van der Waals surface area contributed by atoms with Crippen LogP contribution in [0.4, 0.5) is 0 Å². The van der Waals surface area contributed by atoms with Crippen molar-refractivity contribution in [2.24, 2.45) is 0 Å². The van der Waals surface area contributed by atoms with Crippen LogP contribution in [0.2, 0.25) is 0 Å². The summed E-state index contributed by atoms with van der Waals surface area (Å²) >= 11 is 0. The fraction of sp³-hybridized carbons (Fsp3) is 0.111. The van der Waals surface area contributed by atoms with Gasteiger partial charge in [-0.05, 0) is 0 Å². The van der Waals surface area contributed by atoms with Gasteiger partial charge in [0.25, 0.3) is 0 Å². The van der Waals surface area contributed by atoms with Crippen LogP contribution in [0.25, 0.3) is 0 Å². The van der Waals surface area contributed by atoms with E-state index < -0.39 is 19.9 Å². The van der Waals surface area contributed by atoms with E-state index in [-0.39, 0.29) is 5.75 Å². The summed E-state index contributed by atoms with van der Waals surface area (Å²) in [4.78, 5) is 10.8. The van der Waals surface area contributed by atoms with Crippen LogP contribution in [-0.4, -0.2) is 16.2 Å². The first kappa shape index (κ1) is 11.5. The summed E-state index contributed by atoms with van der Waals surface area (Å²) in [7, 11) is -0.408. The van der Waals surface area contributed by atoms with E-state index >= 15 is 0 Å². The third-order valence-electron chi connectivity index (χ3n) is 1.73. The van der Waals surface area contributed by atoms with Gasteiger partial charge in [-0.15, -0.1) is 0 Å². The van der Waals surface area contributed by atoms with Gasteiger partial charge in [0.15, 0.2) is 0 Å². The van der Waals surface area contributed by atoms with Crippen molar-refractivity contribution in [2.45, 2.75) is 6.04 Å². The van der Waals surface area contributed by atoms with Crippen LogP contribution in [-0.2, 0) is 9.36 Å². The number of aromatic hydroxyl groups is 1. The van der Waals surface area contributed by atoms with Gasteiger partial charge < -0.3 is 0 Å². The second-order valence-corrected chi connectivity index (χ2v) is 3.12. The van der Waals surface area contributed by atoms with Gasteiger partial charge in [0, 0.05) is 0 Å². The molecule has 0 fully saturated rings. The second kappa shape index (κ2) is 5.37. The summed E-state index contributed by atoms with van der Waals surface area (Å²) in [5.41, 5.74) is 0.441. The predicted octanol–water partition coefficient (Wildman–Crippen LogP) is 1.32. The van der Waals surface area contributed by atoms with Crippen LogP contribution in [0.1, 0.15) is 11.6 Å². The van der Waals surface area contributed by atoms with Crippen molar-refractivity contribution in [2.75, 3.05) is 0 Å². The number of aliphatic carboxylic acids is 1. The molecule has 0 bridgehead atoms. The first-order valence-electron chi connectivity index (χ1n) is 3.99. The Bertz CT molecular complexity index is 450. The molecule has 0 unspecified atom stereocenters. The van der Waals surface area contributed by atoms with E-state index in [9.17, 15) is 9.36 Å². The molecule has 15 heavy (non-hydrogen) atoms. The number of benzene rings is 1. The molecule has 0 aromatic heterocycles. The molecule has 1 rings (SSSR count). The van der Waals surface area contributed by atoms with Crippen molar-refractivity contribution in [1.29, 1.82) is 0 Å². The van der Waals surface area contributed by atoms with Crippen molar-refractivity contribution in [3.8, 4) is 11.5 Å². The maximum absolute atomic E-state index is 10.8. The Morgan fingerprint density at radius 1 is 1.40 bits per heavy atom. The van der Waals surface area contributed by atoms with E-state index in [0.29, 0.717) is 5.56 Å². The Hall–Kier alpha value is -1.54. The summed E-state index contributed by atoms with van der Waals surface area (Å²) in [6, 6.07) is 4.66. The molecule has 0 spiro atoms. The van der Waals surface area contributed by atoms with E-state index in [1.165, 1.54) is 24.3 Å². The Morgan fingerprint density at radius 2 is 2.00 bits per heavy atom. The van der Waals surface area contributed by atoms with Gasteiger partial charge in [0.2, 0.25) is 0 Å². The molecule has 0 aliphatic rings. The Morgan fingerprint density at radius 3 is 2.47 bits per heavy atom. The van der Waals surface area contributed by atoms with E-state index in [1.807, 2.05) is 0 Å². The third-order valence-corrected chi connectivity index (χ3v) is 1.95. The van der Waals surface area contributed by atoms with Crippen molar-refractivity contribution in [1.82, 2.24) is 5.32 Å². The summed E-state index contributed by atoms with van der Waals surface area (Å²) in [6.07, 6.45) is 0. The molecule has 0 amide bonds. The molecule has 0 saturated heterocycles. The van der Waals surface area contributed by atoms with Gasteiger partial charge in [0.05, 0.1) is 0 Å². The van der Waals surface area contributed by atoms with Gasteiger partial charge in [0.1, 0.15) is 0 Å². The summed E-state index contributed by atoms with van der Waals surface area (Å²) < 4.78 is 10.1. The molecule has 1 aromatic carbocycles. The van der Waals surface area contributed by atoms with Crippen molar-refractivity contribution in [3.05, 3.63) is 29.8 Å². The average Bonchev–Trinajstić information content (AvgIpc) is 2.21. The first-order valence-corrected chi connectivity index (χ1v) is 4.81. The molecular weight excluding hydrogens is 217 g/mol. The normalized spacial score (nSPS) is 11.5. The third kappa shape index (κ3) is 3.26. The Balaban J connectivity index is 2.96. The maximum atomic E-state index is 10.8. The molecule has 1 aromatic rings. The predicted molar refractivity (Wildman–Crippen MR) is 53.1 cm³/mol. The molecule has 0 radical (unpaired) electrons. The van der Waals surface area contributed by atoms with Crippen LogP contribution >= 0.6 is 7.92 Å². The average molecular weight is 225 g/mol. The number of phenolic OH excluding ortho intramolecular Hbond substituents is 1. The van der Waals surface area contributed by atoms with Crippen molar-refractivity contribution in [3.63, 3.8) is 0 Å². The first-order chi connectivity index (χ1) is 7.15. The van der Waals surface area contributed by atoms with Crippen LogP contribution in [0.15, 0.2) is 24.3 Å². The van der Waals surface area contributed by atoms with Gasteiger partial charge >= 0.3 is 86.1 Å². The number of carbonyl (C=O) groups is 1. The van der Waals surface area contributed by atoms with Crippen molar-refractivity contribution >= 4 is 13.9 Å². The van der Waals surface area contributed by atoms with Gasteiger partial charge in [-0.3, -0.25) is 0 Å². The van der Waals surface area contributed by atoms with Crippen LogP contribution in [0.3, 0.4) is 0 Å². The second-order valence-electron chi connectivity index (χ2n) is 2.71. The number of hydrogen-bond donors (Lipinski definition) is 3. The van der Waals surface area contributed by atoms with E-state index in [4.69, 9.17) is 10.2 Å². The fourth-order valence-corrected chi connectivity index (χ4v) is 1.23. The standard InChI is InChI=1S/C9H8NO4P/c11-7-3-1-6(2-4-7)8(9(12)13)10-5-15-14/h1-4,8,10-11H,(H,12,13)/t8-/m1/s1. The molecule has 0 aliphatic carbocycles. The zero-order valence-corrected chi connectivity index (χ0v) is 8.44. The summed E-state index contributed by atoms with van der Waals surface area (Å²) in [5.74, 6) is 1.11. The van der Waals surface area contributed by atoms with Crippen molar-refractivity contribution < 1.29 is 19.6 Å². The minimum atomic E-state index is -1.11. The molecule has 0 aliphatic heterocycles. The molecular formula is C9H8NO4P. The topological polar surface area (TPSA) is 86.6 Å². The number of phenols is 1. The van der Waals surface area contributed by atoms with E-state index in [0.717, 1.165) is 0 Å². The van der Waals surface area contributed by atoms with Gasteiger partial charge in [-0.2, -0.15) is 0 Å². The fourth-order valence-electron chi connectivity index (χ4n) is 1.05. The molecule has 5 nitrogen and oxygen atoms in total. The Labute approximate surface area is 86.9 Å². The van der Waals surface area contributed by atoms with Crippen LogP contribution in [0.5, 0.6) is 5.75 Å². The zero-order chi connectivity index (χ0) is 11.3. The number of nitrogens with one attached hydrogen (secondary N) is 1. The van der Waals surface area contributed by atoms with Gasteiger partial charge in [-0.25, -0.2) is 0 Å². The quantitative estimate of drug-likeness (QED) is 0.533. The molecule has 78 valence electrons. The van der Waals surface area contributed by atoms with Crippen LogP contribution in [0, 0.1) is 5.75 Å². The molecule has 0 saturated carbocycles. The summed E-state index contributed by atoms with van der Waals surface area (Å²) in [6.45, 7) is 0. The zero-order valence-electron chi connectivity index (χ0n) is 7.54. The monoisotopic (exact) mass is 225 g/mol. The van der Waals surface area contributed by atoms with E-state index in [2.05, 4.69) is 11.1 Å². The number of rotatable bonds is 3. The molecule has 3 N–H and O–H groups in total. The number of hydrogen-bond acceptors (Lipinski definition) is 4.